The summed E-state index contributed by atoms with van der Waals surface area (Å²) in [6.45, 7) is 10.1. The number of benzene rings is 1. The van der Waals surface area contributed by atoms with Crippen LogP contribution in [0.2, 0.25) is 0 Å². The molecule has 0 bridgehead atoms. The minimum Gasteiger partial charge on any atom is -0.315 e. The Morgan fingerprint density at radius 2 is 1.88 bits per heavy atom. The summed E-state index contributed by atoms with van der Waals surface area (Å²) in [6, 6.07) is 10.2. The lowest BCUT2D eigenvalue weighted by molar-refractivity contribution is 0.154. The van der Waals surface area contributed by atoms with E-state index in [1.807, 2.05) is 0 Å². The van der Waals surface area contributed by atoms with Gasteiger partial charge < -0.3 is 5.32 Å². The molecular weight excluding hydrogens is 208 g/mol. The van der Waals surface area contributed by atoms with Gasteiger partial charge in [0.25, 0.3) is 0 Å². The van der Waals surface area contributed by atoms with Gasteiger partial charge in [0.15, 0.2) is 0 Å². The molecule has 2 unspecified atom stereocenters. The topological polar surface area (TPSA) is 15.3 Å². The molecule has 2 rings (SSSR count). The predicted molar refractivity (Wildman–Crippen MR) is 73.1 cm³/mol. The SMILES string of the molecule is Cc1ccc(CN2C(C)CCNCC2C)cc1. The number of hydrogen-bond acceptors (Lipinski definition) is 2. The van der Waals surface area contributed by atoms with Crippen LogP contribution in [0.25, 0.3) is 0 Å². The zero-order valence-corrected chi connectivity index (χ0v) is 11.2. The van der Waals surface area contributed by atoms with E-state index in [2.05, 4.69) is 55.3 Å². The first-order chi connectivity index (χ1) is 8.16. The quantitative estimate of drug-likeness (QED) is 0.843. The summed E-state index contributed by atoms with van der Waals surface area (Å²) in [5.74, 6) is 0. The van der Waals surface area contributed by atoms with Gasteiger partial charge in [-0.2, -0.15) is 0 Å². The van der Waals surface area contributed by atoms with Crippen LogP contribution in [0.15, 0.2) is 24.3 Å². The minimum absolute atomic E-state index is 0.619. The largest absolute Gasteiger partial charge is 0.315 e. The van der Waals surface area contributed by atoms with E-state index >= 15 is 0 Å². The highest BCUT2D eigenvalue weighted by Gasteiger charge is 2.22. The Morgan fingerprint density at radius 1 is 1.18 bits per heavy atom. The van der Waals surface area contributed by atoms with Gasteiger partial charge in [-0.05, 0) is 39.3 Å². The first kappa shape index (κ1) is 12.6. The summed E-state index contributed by atoms with van der Waals surface area (Å²) in [6.07, 6.45) is 1.25. The second kappa shape index (κ2) is 5.65. The molecule has 0 saturated carbocycles. The fourth-order valence-electron chi connectivity index (χ4n) is 2.56. The number of nitrogens with zero attached hydrogens (tertiary/aromatic N) is 1. The Bertz CT molecular complexity index is 332. The third-order valence-corrected chi connectivity index (χ3v) is 3.80. The van der Waals surface area contributed by atoms with Crippen molar-refractivity contribution in [2.24, 2.45) is 0 Å². The predicted octanol–water partition coefficient (Wildman–Crippen LogP) is 2.57. The van der Waals surface area contributed by atoms with Gasteiger partial charge in [0.2, 0.25) is 0 Å². The second-order valence-corrected chi connectivity index (χ2v) is 5.35. The van der Waals surface area contributed by atoms with Gasteiger partial charge in [-0.25, -0.2) is 0 Å². The van der Waals surface area contributed by atoms with Crippen molar-refractivity contribution in [1.29, 1.82) is 0 Å². The Morgan fingerprint density at radius 3 is 2.59 bits per heavy atom. The van der Waals surface area contributed by atoms with E-state index in [1.54, 1.807) is 0 Å². The molecule has 1 aliphatic rings. The zero-order valence-electron chi connectivity index (χ0n) is 11.2. The van der Waals surface area contributed by atoms with Gasteiger partial charge in [0.1, 0.15) is 0 Å². The van der Waals surface area contributed by atoms with Gasteiger partial charge in [0, 0.05) is 25.2 Å². The molecule has 2 atom stereocenters. The molecule has 0 radical (unpaired) electrons. The van der Waals surface area contributed by atoms with Crippen LogP contribution in [-0.4, -0.2) is 30.1 Å². The first-order valence-electron chi connectivity index (χ1n) is 6.69. The summed E-state index contributed by atoms with van der Waals surface area (Å²) in [5, 5.41) is 3.51. The second-order valence-electron chi connectivity index (χ2n) is 5.35. The molecule has 0 amide bonds. The molecule has 0 spiro atoms. The molecule has 0 aliphatic carbocycles. The molecule has 1 fully saturated rings. The molecule has 17 heavy (non-hydrogen) atoms. The van der Waals surface area contributed by atoms with E-state index in [0.717, 1.165) is 19.6 Å². The summed E-state index contributed by atoms with van der Waals surface area (Å²) in [7, 11) is 0. The van der Waals surface area contributed by atoms with Crippen LogP contribution in [-0.2, 0) is 6.54 Å². The molecule has 1 aromatic carbocycles. The number of aryl methyl sites for hydroxylation is 1. The van der Waals surface area contributed by atoms with Crippen molar-refractivity contribution in [1.82, 2.24) is 10.2 Å². The van der Waals surface area contributed by atoms with E-state index in [9.17, 15) is 0 Å². The van der Waals surface area contributed by atoms with Crippen molar-refractivity contribution in [3.63, 3.8) is 0 Å². The molecule has 1 aliphatic heterocycles. The molecule has 1 N–H and O–H groups in total. The molecule has 1 saturated heterocycles. The van der Waals surface area contributed by atoms with Crippen molar-refractivity contribution in [3.05, 3.63) is 35.4 Å². The zero-order chi connectivity index (χ0) is 12.3. The third-order valence-electron chi connectivity index (χ3n) is 3.80. The lowest BCUT2D eigenvalue weighted by Gasteiger charge is -2.32. The Labute approximate surface area is 105 Å². The molecular formula is C15H24N2. The van der Waals surface area contributed by atoms with Crippen molar-refractivity contribution in [2.75, 3.05) is 13.1 Å². The van der Waals surface area contributed by atoms with E-state index < -0.39 is 0 Å². The fourth-order valence-corrected chi connectivity index (χ4v) is 2.56. The molecule has 2 nitrogen and oxygen atoms in total. The number of hydrogen-bond donors (Lipinski definition) is 1. The summed E-state index contributed by atoms with van der Waals surface area (Å²) >= 11 is 0. The average molecular weight is 232 g/mol. The van der Waals surface area contributed by atoms with Gasteiger partial charge in [-0.15, -0.1) is 0 Å². The number of nitrogens with one attached hydrogen (secondary N) is 1. The Hall–Kier alpha value is -0.860. The van der Waals surface area contributed by atoms with Crippen LogP contribution in [0.4, 0.5) is 0 Å². The number of rotatable bonds is 2. The fraction of sp³-hybridized carbons (Fsp3) is 0.600. The van der Waals surface area contributed by atoms with Gasteiger partial charge >= 0.3 is 0 Å². The van der Waals surface area contributed by atoms with E-state index in [4.69, 9.17) is 0 Å². The van der Waals surface area contributed by atoms with E-state index in [-0.39, 0.29) is 0 Å². The monoisotopic (exact) mass is 232 g/mol. The van der Waals surface area contributed by atoms with Crippen LogP contribution < -0.4 is 5.32 Å². The van der Waals surface area contributed by atoms with Crippen molar-refractivity contribution >= 4 is 0 Å². The van der Waals surface area contributed by atoms with Gasteiger partial charge in [0.05, 0.1) is 0 Å². The van der Waals surface area contributed by atoms with Gasteiger partial charge in [-0.1, -0.05) is 29.8 Å². The molecule has 2 heteroatoms. The van der Waals surface area contributed by atoms with Crippen molar-refractivity contribution < 1.29 is 0 Å². The van der Waals surface area contributed by atoms with E-state index in [0.29, 0.717) is 12.1 Å². The highest BCUT2D eigenvalue weighted by molar-refractivity contribution is 5.21. The maximum Gasteiger partial charge on any atom is 0.0239 e. The molecule has 1 heterocycles. The van der Waals surface area contributed by atoms with Crippen LogP contribution >= 0.6 is 0 Å². The molecule has 0 aromatic heterocycles. The summed E-state index contributed by atoms with van der Waals surface area (Å²) < 4.78 is 0. The van der Waals surface area contributed by atoms with Crippen LogP contribution in [0.1, 0.15) is 31.4 Å². The van der Waals surface area contributed by atoms with Crippen LogP contribution in [0, 0.1) is 6.92 Å². The Kier molecular flexibility index (Phi) is 4.19. The summed E-state index contributed by atoms with van der Waals surface area (Å²) in [5.41, 5.74) is 2.77. The average Bonchev–Trinajstić information content (AvgIpc) is 2.47. The highest BCUT2D eigenvalue weighted by atomic mass is 15.2. The summed E-state index contributed by atoms with van der Waals surface area (Å²) in [4.78, 5) is 2.62. The lowest BCUT2D eigenvalue weighted by atomic mass is 10.1. The Balaban J connectivity index is 2.06. The first-order valence-corrected chi connectivity index (χ1v) is 6.69. The third kappa shape index (κ3) is 3.30. The maximum absolute atomic E-state index is 3.51. The highest BCUT2D eigenvalue weighted by Crippen LogP contribution is 2.16. The molecule has 1 aromatic rings. The van der Waals surface area contributed by atoms with Crippen molar-refractivity contribution in [2.45, 2.75) is 45.8 Å². The van der Waals surface area contributed by atoms with Crippen molar-refractivity contribution in [3.8, 4) is 0 Å². The lowest BCUT2D eigenvalue weighted by Crippen LogP contribution is -2.41. The maximum atomic E-state index is 3.51. The standard InChI is InChI=1S/C15H24N2/c1-12-4-6-15(7-5-12)11-17-13(2)8-9-16-10-14(17)3/h4-7,13-14,16H,8-11H2,1-3H3. The smallest absolute Gasteiger partial charge is 0.0239 e. The molecule has 94 valence electrons. The van der Waals surface area contributed by atoms with Crippen LogP contribution in [0.5, 0.6) is 0 Å². The minimum atomic E-state index is 0.619. The van der Waals surface area contributed by atoms with Gasteiger partial charge in [-0.3, -0.25) is 4.90 Å². The van der Waals surface area contributed by atoms with Crippen LogP contribution in [0.3, 0.4) is 0 Å². The van der Waals surface area contributed by atoms with E-state index in [1.165, 1.54) is 17.5 Å². The normalized spacial score (nSPS) is 26.8.